The normalized spacial score (nSPS) is 17.5. The molecule has 0 saturated heterocycles. The first-order valence-corrected chi connectivity index (χ1v) is 5.82. The van der Waals surface area contributed by atoms with Gasteiger partial charge in [-0.15, -0.1) is 0 Å². The molecule has 2 unspecified atom stereocenters. The van der Waals surface area contributed by atoms with Crippen molar-refractivity contribution in [3.63, 3.8) is 0 Å². The van der Waals surface area contributed by atoms with E-state index in [4.69, 9.17) is 17.3 Å². The van der Waals surface area contributed by atoms with Crippen molar-refractivity contribution < 1.29 is 0 Å². The summed E-state index contributed by atoms with van der Waals surface area (Å²) in [4.78, 5) is 2.14. The van der Waals surface area contributed by atoms with Crippen LogP contribution in [0.4, 0.5) is 0 Å². The zero-order valence-corrected chi connectivity index (χ0v) is 11.4. The molecule has 4 nitrogen and oxygen atoms in total. The van der Waals surface area contributed by atoms with Crippen molar-refractivity contribution in [2.24, 2.45) is 12.8 Å². The Labute approximate surface area is 102 Å². The molecule has 1 aromatic rings. The molecule has 0 radical (unpaired) electrons. The van der Waals surface area contributed by atoms with Crippen LogP contribution in [-0.4, -0.2) is 34.3 Å². The van der Waals surface area contributed by atoms with E-state index in [-0.39, 0.29) is 11.6 Å². The second kappa shape index (κ2) is 4.73. The Balaban J connectivity index is 3.14. The van der Waals surface area contributed by atoms with E-state index in [1.54, 1.807) is 10.9 Å². The summed E-state index contributed by atoms with van der Waals surface area (Å²) in [6.45, 7) is 4.27. The van der Waals surface area contributed by atoms with Crippen LogP contribution in [0.3, 0.4) is 0 Å². The van der Waals surface area contributed by atoms with Gasteiger partial charge in [0.25, 0.3) is 0 Å². The molecule has 0 fully saturated rings. The van der Waals surface area contributed by atoms with Crippen molar-refractivity contribution in [2.45, 2.75) is 31.8 Å². The molecule has 0 aliphatic heterocycles. The van der Waals surface area contributed by atoms with Gasteiger partial charge in [0.1, 0.15) is 0 Å². The van der Waals surface area contributed by atoms with Crippen LogP contribution in [0, 0.1) is 0 Å². The lowest BCUT2D eigenvalue weighted by Crippen LogP contribution is -2.50. The molecule has 92 valence electrons. The Hall–Kier alpha value is -0.580. The first-order chi connectivity index (χ1) is 7.34. The summed E-state index contributed by atoms with van der Waals surface area (Å²) in [6, 6.07) is -0.160. The summed E-state index contributed by atoms with van der Waals surface area (Å²) in [7, 11) is 5.94. The van der Waals surface area contributed by atoms with Crippen LogP contribution in [0.25, 0.3) is 0 Å². The third kappa shape index (κ3) is 2.10. The van der Waals surface area contributed by atoms with Crippen LogP contribution in [0.1, 0.15) is 32.0 Å². The Kier molecular flexibility index (Phi) is 3.99. The van der Waals surface area contributed by atoms with E-state index >= 15 is 0 Å². The number of aromatic nitrogens is 2. The highest BCUT2D eigenvalue weighted by molar-refractivity contribution is 6.31. The summed E-state index contributed by atoms with van der Waals surface area (Å²) in [6.07, 6.45) is 2.59. The molecular formula is C11H21ClN4. The van der Waals surface area contributed by atoms with E-state index in [0.29, 0.717) is 5.02 Å². The van der Waals surface area contributed by atoms with Crippen molar-refractivity contribution in [1.82, 2.24) is 14.7 Å². The van der Waals surface area contributed by atoms with Crippen molar-refractivity contribution >= 4 is 11.6 Å². The molecule has 1 heterocycles. The molecule has 0 aromatic carbocycles. The van der Waals surface area contributed by atoms with Crippen LogP contribution in [0.5, 0.6) is 0 Å². The number of halogens is 1. The molecule has 2 N–H and O–H groups in total. The van der Waals surface area contributed by atoms with Crippen LogP contribution >= 0.6 is 11.6 Å². The monoisotopic (exact) mass is 244 g/mol. The van der Waals surface area contributed by atoms with E-state index in [1.807, 2.05) is 21.1 Å². The number of nitrogens with two attached hydrogens (primary N) is 1. The standard InChI is InChI=1S/C11H21ClN4/c1-6-11(2,15(3)4)10(13)9-8(12)7-14-16(9)5/h7,10H,6,13H2,1-5H3. The number of aryl methyl sites for hydroxylation is 1. The molecule has 5 heteroatoms. The van der Waals surface area contributed by atoms with E-state index in [2.05, 4.69) is 23.8 Å². The second-order valence-corrected chi connectivity index (χ2v) is 4.99. The van der Waals surface area contributed by atoms with Crippen molar-refractivity contribution in [3.05, 3.63) is 16.9 Å². The second-order valence-electron chi connectivity index (χ2n) is 4.58. The molecule has 0 aliphatic carbocycles. The molecule has 0 saturated carbocycles. The lowest BCUT2D eigenvalue weighted by Gasteiger charge is -2.40. The fourth-order valence-electron chi connectivity index (χ4n) is 1.88. The maximum Gasteiger partial charge on any atom is 0.0834 e. The maximum atomic E-state index is 6.34. The zero-order chi connectivity index (χ0) is 12.5. The Bertz CT molecular complexity index is 341. The highest BCUT2D eigenvalue weighted by atomic mass is 35.5. The summed E-state index contributed by atoms with van der Waals surface area (Å²) in [5.41, 5.74) is 7.11. The highest BCUT2D eigenvalue weighted by Gasteiger charge is 2.36. The summed E-state index contributed by atoms with van der Waals surface area (Å²) >= 11 is 6.13. The van der Waals surface area contributed by atoms with E-state index in [0.717, 1.165) is 12.1 Å². The maximum absolute atomic E-state index is 6.34. The minimum atomic E-state index is -0.160. The van der Waals surface area contributed by atoms with E-state index < -0.39 is 0 Å². The van der Waals surface area contributed by atoms with Gasteiger partial charge in [0.2, 0.25) is 0 Å². The number of hydrogen-bond donors (Lipinski definition) is 1. The lowest BCUT2D eigenvalue weighted by atomic mass is 9.86. The minimum absolute atomic E-state index is 0.128. The van der Waals surface area contributed by atoms with Crippen LogP contribution in [0.2, 0.25) is 5.02 Å². The van der Waals surface area contributed by atoms with Crippen LogP contribution in [0.15, 0.2) is 6.20 Å². The molecule has 0 spiro atoms. The molecule has 1 rings (SSSR count). The third-order valence-electron chi connectivity index (χ3n) is 3.64. The Morgan fingerprint density at radius 3 is 2.50 bits per heavy atom. The van der Waals surface area contributed by atoms with Crippen molar-refractivity contribution in [3.8, 4) is 0 Å². The average Bonchev–Trinajstić information content (AvgIpc) is 2.56. The molecular weight excluding hydrogens is 224 g/mol. The highest BCUT2D eigenvalue weighted by Crippen LogP contribution is 2.33. The fraction of sp³-hybridized carbons (Fsp3) is 0.727. The van der Waals surface area contributed by atoms with Gasteiger partial charge in [-0.3, -0.25) is 4.68 Å². The molecule has 0 amide bonds. The summed E-state index contributed by atoms with van der Waals surface area (Å²) < 4.78 is 1.75. The molecule has 0 bridgehead atoms. The fourth-order valence-corrected chi connectivity index (χ4v) is 2.16. The van der Waals surface area contributed by atoms with Gasteiger partial charge in [0.05, 0.1) is 23.0 Å². The molecule has 1 aromatic heterocycles. The average molecular weight is 245 g/mol. The summed E-state index contributed by atoms with van der Waals surface area (Å²) in [5.74, 6) is 0. The van der Waals surface area contributed by atoms with Gasteiger partial charge in [0.15, 0.2) is 0 Å². The number of nitrogens with zero attached hydrogens (tertiary/aromatic N) is 3. The number of likely N-dealkylation sites (N-methyl/N-ethyl adjacent to an activating group) is 1. The van der Waals surface area contributed by atoms with Crippen molar-refractivity contribution in [2.75, 3.05) is 14.1 Å². The Morgan fingerprint density at radius 2 is 2.19 bits per heavy atom. The summed E-state index contributed by atoms with van der Waals surface area (Å²) in [5, 5.41) is 4.77. The largest absolute Gasteiger partial charge is 0.321 e. The predicted octanol–water partition coefficient (Wildman–Crippen LogP) is 1.80. The smallest absolute Gasteiger partial charge is 0.0834 e. The van der Waals surface area contributed by atoms with Gasteiger partial charge in [0, 0.05) is 12.6 Å². The molecule has 0 aliphatic rings. The van der Waals surface area contributed by atoms with Crippen molar-refractivity contribution in [1.29, 1.82) is 0 Å². The van der Waals surface area contributed by atoms with Gasteiger partial charge < -0.3 is 10.6 Å². The predicted molar refractivity (Wildman–Crippen MR) is 67.5 cm³/mol. The topological polar surface area (TPSA) is 47.1 Å². The zero-order valence-electron chi connectivity index (χ0n) is 10.7. The first-order valence-electron chi connectivity index (χ1n) is 5.45. The van der Waals surface area contributed by atoms with Gasteiger partial charge >= 0.3 is 0 Å². The van der Waals surface area contributed by atoms with Gasteiger partial charge in [-0.25, -0.2) is 0 Å². The first kappa shape index (κ1) is 13.5. The number of rotatable bonds is 4. The molecule has 16 heavy (non-hydrogen) atoms. The van der Waals surface area contributed by atoms with Gasteiger partial charge in [-0.1, -0.05) is 18.5 Å². The van der Waals surface area contributed by atoms with Gasteiger partial charge in [-0.05, 0) is 27.4 Å². The quantitative estimate of drug-likeness (QED) is 0.879. The number of hydrogen-bond acceptors (Lipinski definition) is 3. The minimum Gasteiger partial charge on any atom is -0.321 e. The van der Waals surface area contributed by atoms with Crippen LogP contribution < -0.4 is 5.73 Å². The van der Waals surface area contributed by atoms with Gasteiger partial charge in [-0.2, -0.15) is 5.10 Å². The van der Waals surface area contributed by atoms with Crippen LogP contribution in [-0.2, 0) is 7.05 Å². The SMILES string of the molecule is CCC(C)(C(N)c1c(Cl)cnn1C)N(C)C. The van der Waals surface area contributed by atoms with E-state index in [1.165, 1.54) is 0 Å². The van der Waals surface area contributed by atoms with E-state index in [9.17, 15) is 0 Å². The Morgan fingerprint density at radius 1 is 1.62 bits per heavy atom. The lowest BCUT2D eigenvalue weighted by molar-refractivity contribution is 0.128. The molecule has 2 atom stereocenters. The third-order valence-corrected chi connectivity index (χ3v) is 3.93.